The quantitative estimate of drug-likeness (QED) is 0.944. The van der Waals surface area contributed by atoms with E-state index in [1.807, 2.05) is 24.3 Å². The van der Waals surface area contributed by atoms with Crippen LogP contribution in [0.3, 0.4) is 0 Å². The van der Waals surface area contributed by atoms with Crippen molar-refractivity contribution in [2.75, 3.05) is 13.6 Å². The Morgan fingerprint density at radius 3 is 2.57 bits per heavy atom. The van der Waals surface area contributed by atoms with E-state index in [4.69, 9.17) is 16.7 Å². The van der Waals surface area contributed by atoms with Gasteiger partial charge in [-0.1, -0.05) is 36.7 Å². The van der Waals surface area contributed by atoms with Crippen molar-refractivity contribution in [3.05, 3.63) is 35.0 Å². The third-order valence-electron chi connectivity index (χ3n) is 3.56. The van der Waals surface area contributed by atoms with Crippen LogP contribution in [0.15, 0.2) is 24.3 Å². The van der Waals surface area contributed by atoms with Crippen molar-refractivity contribution in [3.8, 4) is 0 Å². The first-order valence-electron chi connectivity index (χ1n) is 6.55. The molecular formula is C15H17ClN2O3. The Morgan fingerprint density at radius 2 is 2.00 bits per heavy atom. The van der Waals surface area contributed by atoms with Crippen LogP contribution in [-0.2, 0) is 11.8 Å². The highest BCUT2D eigenvalue weighted by Gasteiger charge is 2.24. The van der Waals surface area contributed by atoms with Crippen molar-refractivity contribution in [3.63, 3.8) is 0 Å². The molecule has 0 aliphatic rings. The molecule has 112 valence electrons. The zero-order valence-electron chi connectivity index (χ0n) is 12.1. The average molecular weight is 309 g/mol. The number of rotatable bonds is 4. The molecule has 0 saturated heterocycles. The second-order valence-corrected chi connectivity index (χ2v) is 5.54. The number of carboxylic acid groups (broad SMARTS) is 1. The first-order valence-corrected chi connectivity index (χ1v) is 6.93. The topological polar surface area (TPSA) is 62.5 Å². The van der Waals surface area contributed by atoms with Gasteiger partial charge in [0.15, 0.2) is 0 Å². The minimum absolute atomic E-state index is 0.131. The number of para-hydroxylation sites is 1. The monoisotopic (exact) mass is 308 g/mol. The number of nitrogens with zero attached hydrogens (tertiary/aromatic N) is 2. The molecule has 1 amide bonds. The fourth-order valence-electron chi connectivity index (χ4n) is 2.34. The number of aryl methyl sites for hydroxylation is 1. The van der Waals surface area contributed by atoms with Crippen molar-refractivity contribution in [1.29, 1.82) is 0 Å². The van der Waals surface area contributed by atoms with Crippen LogP contribution in [0.5, 0.6) is 0 Å². The number of halogens is 1. The van der Waals surface area contributed by atoms with Gasteiger partial charge in [-0.3, -0.25) is 9.59 Å². The van der Waals surface area contributed by atoms with Crippen LogP contribution < -0.4 is 0 Å². The van der Waals surface area contributed by atoms with E-state index in [0.29, 0.717) is 10.7 Å². The largest absolute Gasteiger partial charge is 0.481 e. The van der Waals surface area contributed by atoms with Gasteiger partial charge in [-0.25, -0.2) is 0 Å². The summed E-state index contributed by atoms with van der Waals surface area (Å²) < 4.78 is 1.74. The lowest BCUT2D eigenvalue weighted by atomic mass is 10.1. The number of hydrogen-bond acceptors (Lipinski definition) is 2. The summed E-state index contributed by atoms with van der Waals surface area (Å²) in [5.74, 6) is -1.85. The molecule has 1 aromatic heterocycles. The second kappa shape index (κ2) is 5.77. The molecule has 0 radical (unpaired) electrons. The van der Waals surface area contributed by atoms with Gasteiger partial charge in [0, 0.05) is 31.5 Å². The number of amides is 1. The highest BCUT2D eigenvalue weighted by atomic mass is 35.5. The van der Waals surface area contributed by atoms with E-state index in [-0.39, 0.29) is 12.5 Å². The van der Waals surface area contributed by atoms with Crippen molar-refractivity contribution >= 4 is 34.4 Å². The molecule has 0 aliphatic heterocycles. The lowest BCUT2D eigenvalue weighted by Crippen LogP contribution is -2.34. The summed E-state index contributed by atoms with van der Waals surface area (Å²) in [7, 11) is 3.35. The Labute approximate surface area is 127 Å². The molecule has 2 rings (SSSR count). The van der Waals surface area contributed by atoms with Crippen LogP contribution in [0.2, 0.25) is 5.02 Å². The Kier molecular flexibility index (Phi) is 4.23. The molecule has 5 nitrogen and oxygen atoms in total. The van der Waals surface area contributed by atoms with Crippen molar-refractivity contribution in [2.45, 2.75) is 6.92 Å². The van der Waals surface area contributed by atoms with Crippen LogP contribution >= 0.6 is 11.6 Å². The summed E-state index contributed by atoms with van der Waals surface area (Å²) in [5.41, 5.74) is 1.24. The van der Waals surface area contributed by atoms with E-state index < -0.39 is 11.9 Å². The van der Waals surface area contributed by atoms with Gasteiger partial charge < -0.3 is 14.6 Å². The summed E-state index contributed by atoms with van der Waals surface area (Å²) in [6.45, 7) is 1.70. The fourth-order valence-corrected chi connectivity index (χ4v) is 2.70. The SMILES string of the molecule is CC(CN(C)C(=O)c1c(Cl)c2ccccc2n1C)C(=O)O. The van der Waals surface area contributed by atoms with E-state index in [0.717, 1.165) is 10.9 Å². The number of carbonyl (C=O) groups is 2. The highest BCUT2D eigenvalue weighted by Crippen LogP contribution is 2.30. The number of aromatic nitrogens is 1. The molecule has 1 N–H and O–H groups in total. The normalized spacial score (nSPS) is 12.4. The third-order valence-corrected chi connectivity index (χ3v) is 3.95. The van der Waals surface area contributed by atoms with E-state index >= 15 is 0 Å². The van der Waals surface area contributed by atoms with Gasteiger partial charge in [0.05, 0.1) is 10.9 Å². The molecule has 0 fully saturated rings. The average Bonchev–Trinajstić information content (AvgIpc) is 2.70. The van der Waals surface area contributed by atoms with Gasteiger partial charge in [-0.05, 0) is 6.07 Å². The standard InChI is InChI=1S/C15H17ClN2O3/c1-9(15(20)21)8-17(2)14(19)13-12(16)10-6-4-5-7-11(10)18(13)3/h4-7,9H,8H2,1-3H3,(H,20,21). The molecule has 0 spiro atoms. The molecule has 1 aromatic carbocycles. The molecule has 1 unspecified atom stereocenters. The second-order valence-electron chi connectivity index (χ2n) is 5.16. The molecule has 6 heteroatoms. The van der Waals surface area contributed by atoms with Gasteiger partial charge in [-0.2, -0.15) is 0 Å². The lowest BCUT2D eigenvalue weighted by molar-refractivity contribution is -0.141. The summed E-state index contributed by atoms with van der Waals surface area (Å²) >= 11 is 6.32. The van der Waals surface area contributed by atoms with E-state index in [1.165, 1.54) is 4.90 Å². The molecule has 0 bridgehead atoms. The molecule has 1 atom stereocenters. The predicted octanol–water partition coefficient (Wildman–Crippen LogP) is 2.62. The Balaban J connectivity index is 2.38. The Morgan fingerprint density at radius 1 is 1.38 bits per heavy atom. The number of carboxylic acids is 1. The molecular weight excluding hydrogens is 292 g/mol. The number of hydrogen-bond donors (Lipinski definition) is 1. The third kappa shape index (κ3) is 2.74. The number of aliphatic carboxylic acids is 1. The van der Waals surface area contributed by atoms with Crippen molar-refractivity contribution < 1.29 is 14.7 Å². The molecule has 0 saturated carbocycles. The zero-order valence-corrected chi connectivity index (χ0v) is 12.9. The summed E-state index contributed by atoms with van der Waals surface area (Å²) in [5, 5.41) is 10.1. The summed E-state index contributed by atoms with van der Waals surface area (Å²) in [4.78, 5) is 24.8. The molecule has 0 aliphatic carbocycles. The molecule has 2 aromatic rings. The van der Waals surface area contributed by atoms with Crippen LogP contribution in [0, 0.1) is 5.92 Å². The van der Waals surface area contributed by atoms with Gasteiger partial charge in [0.25, 0.3) is 5.91 Å². The lowest BCUT2D eigenvalue weighted by Gasteiger charge is -2.20. The smallest absolute Gasteiger partial charge is 0.308 e. The summed E-state index contributed by atoms with van der Waals surface area (Å²) in [6, 6.07) is 7.48. The number of benzene rings is 1. The summed E-state index contributed by atoms with van der Waals surface area (Å²) in [6.07, 6.45) is 0. The predicted molar refractivity (Wildman–Crippen MR) is 81.7 cm³/mol. The molecule has 21 heavy (non-hydrogen) atoms. The molecule has 1 heterocycles. The van der Waals surface area contributed by atoms with Gasteiger partial charge in [0.2, 0.25) is 0 Å². The van der Waals surface area contributed by atoms with Crippen LogP contribution in [0.25, 0.3) is 10.9 Å². The minimum Gasteiger partial charge on any atom is -0.481 e. The van der Waals surface area contributed by atoms with Gasteiger partial charge in [0.1, 0.15) is 5.69 Å². The maximum Gasteiger partial charge on any atom is 0.308 e. The minimum atomic E-state index is -0.933. The number of fused-ring (bicyclic) bond motifs is 1. The maximum absolute atomic E-state index is 12.5. The van der Waals surface area contributed by atoms with Crippen LogP contribution in [0.1, 0.15) is 17.4 Å². The van der Waals surface area contributed by atoms with E-state index in [2.05, 4.69) is 0 Å². The van der Waals surface area contributed by atoms with Crippen molar-refractivity contribution in [1.82, 2.24) is 9.47 Å². The van der Waals surface area contributed by atoms with Crippen LogP contribution in [-0.4, -0.2) is 40.0 Å². The van der Waals surface area contributed by atoms with Gasteiger partial charge >= 0.3 is 5.97 Å². The Hall–Kier alpha value is -2.01. The number of carbonyl (C=O) groups excluding carboxylic acids is 1. The zero-order chi connectivity index (χ0) is 15.7. The van der Waals surface area contributed by atoms with E-state index in [1.54, 1.807) is 25.6 Å². The fraction of sp³-hybridized carbons (Fsp3) is 0.333. The maximum atomic E-state index is 12.5. The Bertz CT molecular complexity index is 669. The van der Waals surface area contributed by atoms with E-state index in [9.17, 15) is 9.59 Å². The first kappa shape index (κ1) is 15.4. The van der Waals surface area contributed by atoms with Crippen LogP contribution in [0.4, 0.5) is 0 Å². The first-order chi connectivity index (χ1) is 9.84. The van der Waals surface area contributed by atoms with Crippen molar-refractivity contribution in [2.24, 2.45) is 13.0 Å². The van der Waals surface area contributed by atoms with Gasteiger partial charge in [-0.15, -0.1) is 0 Å². The highest BCUT2D eigenvalue weighted by molar-refractivity contribution is 6.38.